The highest BCUT2D eigenvalue weighted by Gasteiger charge is 2.26. The van der Waals surface area contributed by atoms with Crippen LogP contribution in [0.4, 0.5) is 0 Å². The average molecular weight is 279 g/mol. The molecular formula is C15H21NO2S. The number of benzene rings is 1. The maximum absolute atomic E-state index is 11.5. The zero-order valence-corrected chi connectivity index (χ0v) is 12.1. The molecule has 0 radical (unpaired) electrons. The van der Waals surface area contributed by atoms with Crippen molar-refractivity contribution >= 4 is 17.7 Å². The zero-order valence-electron chi connectivity index (χ0n) is 11.3. The summed E-state index contributed by atoms with van der Waals surface area (Å²) in [6.45, 7) is 4.83. The van der Waals surface area contributed by atoms with Gasteiger partial charge in [0.1, 0.15) is 0 Å². The van der Waals surface area contributed by atoms with Crippen molar-refractivity contribution in [3.63, 3.8) is 0 Å². The number of rotatable bonds is 5. The van der Waals surface area contributed by atoms with E-state index in [4.69, 9.17) is 0 Å². The molecule has 1 aromatic rings. The monoisotopic (exact) mass is 279 g/mol. The molecule has 0 saturated carbocycles. The van der Waals surface area contributed by atoms with Gasteiger partial charge in [0, 0.05) is 30.6 Å². The Balaban J connectivity index is 2.03. The van der Waals surface area contributed by atoms with Crippen molar-refractivity contribution in [3.05, 3.63) is 35.9 Å². The summed E-state index contributed by atoms with van der Waals surface area (Å²) in [6.07, 6.45) is 1.16. The molecule has 0 aromatic heterocycles. The molecule has 3 nitrogen and oxygen atoms in total. The van der Waals surface area contributed by atoms with Gasteiger partial charge in [-0.15, -0.1) is 0 Å². The van der Waals surface area contributed by atoms with Gasteiger partial charge in [-0.05, 0) is 12.0 Å². The van der Waals surface area contributed by atoms with Gasteiger partial charge in [0.05, 0.1) is 5.92 Å². The first-order valence-electron chi connectivity index (χ1n) is 6.82. The number of carboxylic acid groups (broad SMARTS) is 1. The largest absolute Gasteiger partial charge is 0.481 e. The second-order valence-electron chi connectivity index (χ2n) is 4.96. The minimum Gasteiger partial charge on any atom is -0.481 e. The first-order chi connectivity index (χ1) is 9.20. The standard InChI is InChI=1S/C15H21NO2S/c1-2-13-10-16(8-9-19-13)11-14(15(17)18)12-6-4-3-5-7-12/h3-7,13-14H,2,8-11H2,1H3,(H,17,18). The third-order valence-corrected chi connectivity index (χ3v) is 4.99. The smallest absolute Gasteiger partial charge is 0.312 e. The fourth-order valence-electron chi connectivity index (χ4n) is 2.46. The van der Waals surface area contributed by atoms with E-state index in [2.05, 4.69) is 11.8 Å². The van der Waals surface area contributed by atoms with Gasteiger partial charge in [0.2, 0.25) is 0 Å². The molecule has 0 bridgehead atoms. The normalized spacial score (nSPS) is 22.1. The van der Waals surface area contributed by atoms with Crippen LogP contribution in [-0.4, -0.2) is 46.6 Å². The van der Waals surface area contributed by atoms with Crippen molar-refractivity contribution in [1.82, 2.24) is 4.90 Å². The maximum Gasteiger partial charge on any atom is 0.312 e. The molecule has 0 aliphatic carbocycles. The number of carboxylic acids is 1. The molecule has 1 N–H and O–H groups in total. The van der Waals surface area contributed by atoms with E-state index in [9.17, 15) is 9.90 Å². The fraction of sp³-hybridized carbons (Fsp3) is 0.533. The molecule has 0 spiro atoms. The van der Waals surface area contributed by atoms with E-state index in [0.717, 1.165) is 30.8 Å². The predicted octanol–water partition coefficient (Wildman–Crippen LogP) is 2.68. The van der Waals surface area contributed by atoms with Crippen LogP contribution in [0, 0.1) is 0 Å². The molecule has 1 saturated heterocycles. The van der Waals surface area contributed by atoms with Crippen LogP contribution >= 0.6 is 11.8 Å². The summed E-state index contributed by atoms with van der Waals surface area (Å²) in [5, 5.41) is 10.1. The van der Waals surface area contributed by atoms with Crippen molar-refractivity contribution in [2.75, 3.05) is 25.4 Å². The van der Waals surface area contributed by atoms with Crippen LogP contribution in [-0.2, 0) is 4.79 Å². The number of hydrogen-bond donors (Lipinski definition) is 1. The second-order valence-corrected chi connectivity index (χ2v) is 6.37. The number of carbonyl (C=O) groups is 1. The SMILES string of the molecule is CCC1CN(CC(C(=O)O)c2ccccc2)CCS1. The van der Waals surface area contributed by atoms with Gasteiger partial charge in [-0.3, -0.25) is 4.79 Å². The van der Waals surface area contributed by atoms with Crippen molar-refractivity contribution in [1.29, 1.82) is 0 Å². The molecular weight excluding hydrogens is 258 g/mol. The summed E-state index contributed by atoms with van der Waals surface area (Å²) in [6, 6.07) is 9.56. The van der Waals surface area contributed by atoms with E-state index in [-0.39, 0.29) is 0 Å². The third kappa shape index (κ3) is 3.98. The summed E-state index contributed by atoms with van der Waals surface area (Å²) in [4.78, 5) is 13.8. The summed E-state index contributed by atoms with van der Waals surface area (Å²) in [7, 11) is 0. The van der Waals surface area contributed by atoms with Gasteiger partial charge in [-0.1, -0.05) is 37.3 Å². The number of thioether (sulfide) groups is 1. The minimum absolute atomic E-state index is 0.415. The Labute approximate surface area is 119 Å². The van der Waals surface area contributed by atoms with E-state index in [0.29, 0.717) is 11.8 Å². The molecule has 2 atom stereocenters. The van der Waals surface area contributed by atoms with Gasteiger partial charge < -0.3 is 10.0 Å². The van der Waals surface area contributed by atoms with Crippen LogP contribution in [0.5, 0.6) is 0 Å². The summed E-state index contributed by atoms with van der Waals surface area (Å²) in [5.74, 6) is -0.0288. The van der Waals surface area contributed by atoms with Crippen molar-refractivity contribution in [2.24, 2.45) is 0 Å². The number of hydrogen-bond acceptors (Lipinski definition) is 3. The first kappa shape index (κ1) is 14.4. The van der Waals surface area contributed by atoms with Gasteiger partial charge in [-0.2, -0.15) is 11.8 Å². The highest BCUT2D eigenvalue weighted by Crippen LogP contribution is 2.24. The molecule has 0 amide bonds. The number of aliphatic carboxylic acids is 1. The molecule has 2 unspecified atom stereocenters. The van der Waals surface area contributed by atoms with Gasteiger partial charge in [0.15, 0.2) is 0 Å². The van der Waals surface area contributed by atoms with Crippen LogP contribution in [0.1, 0.15) is 24.8 Å². The van der Waals surface area contributed by atoms with Crippen molar-refractivity contribution < 1.29 is 9.90 Å². The lowest BCUT2D eigenvalue weighted by molar-refractivity contribution is -0.139. The van der Waals surface area contributed by atoms with Crippen LogP contribution in [0.25, 0.3) is 0 Å². The third-order valence-electron chi connectivity index (χ3n) is 3.62. The Kier molecular flexibility index (Phi) is 5.28. The molecule has 4 heteroatoms. The first-order valence-corrected chi connectivity index (χ1v) is 7.87. The summed E-state index contributed by atoms with van der Waals surface area (Å²) >= 11 is 2.01. The Hall–Kier alpha value is -1.00. The highest BCUT2D eigenvalue weighted by atomic mass is 32.2. The van der Waals surface area contributed by atoms with E-state index >= 15 is 0 Å². The minimum atomic E-state index is -0.725. The quantitative estimate of drug-likeness (QED) is 0.899. The molecule has 19 heavy (non-hydrogen) atoms. The van der Waals surface area contributed by atoms with Crippen molar-refractivity contribution in [2.45, 2.75) is 24.5 Å². The van der Waals surface area contributed by atoms with Crippen LogP contribution < -0.4 is 0 Å². The lowest BCUT2D eigenvalue weighted by Crippen LogP contribution is -2.41. The maximum atomic E-state index is 11.5. The Morgan fingerprint density at radius 2 is 2.21 bits per heavy atom. The molecule has 2 rings (SSSR count). The van der Waals surface area contributed by atoms with Gasteiger partial charge in [-0.25, -0.2) is 0 Å². The lowest BCUT2D eigenvalue weighted by Gasteiger charge is -2.33. The highest BCUT2D eigenvalue weighted by molar-refractivity contribution is 8.00. The Bertz CT molecular complexity index is 410. The average Bonchev–Trinajstić information content (AvgIpc) is 2.45. The molecule has 1 aromatic carbocycles. The Morgan fingerprint density at radius 3 is 2.84 bits per heavy atom. The second kappa shape index (κ2) is 6.96. The summed E-state index contributed by atoms with van der Waals surface area (Å²) in [5.41, 5.74) is 0.904. The van der Waals surface area contributed by atoms with Crippen LogP contribution in [0.2, 0.25) is 0 Å². The van der Waals surface area contributed by atoms with Crippen LogP contribution in [0.15, 0.2) is 30.3 Å². The molecule has 1 fully saturated rings. The topological polar surface area (TPSA) is 40.5 Å². The number of nitrogens with zero attached hydrogens (tertiary/aromatic N) is 1. The molecule has 1 aliphatic rings. The van der Waals surface area contributed by atoms with Gasteiger partial charge >= 0.3 is 5.97 Å². The molecule has 104 valence electrons. The van der Waals surface area contributed by atoms with Gasteiger partial charge in [0.25, 0.3) is 0 Å². The summed E-state index contributed by atoms with van der Waals surface area (Å²) < 4.78 is 0. The van der Waals surface area contributed by atoms with E-state index in [1.165, 1.54) is 0 Å². The fourth-order valence-corrected chi connectivity index (χ4v) is 3.71. The van der Waals surface area contributed by atoms with Crippen molar-refractivity contribution in [3.8, 4) is 0 Å². The van der Waals surface area contributed by atoms with Crippen LogP contribution in [0.3, 0.4) is 0 Å². The molecule has 1 aliphatic heterocycles. The van der Waals surface area contributed by atoms with E-state index in [1.54, 1.807) is 0 Å². The predicted molar refractivity (Wildman–Crippen MR) is 79.8 cm³/mol. The molecule has 1 heterocycles. The van der Waals surface area contributed by atoms with E-state index in [1.807, 2.05) is 42.1 Å². The zero-order chi connectivity index (χ0) is 13.7. The lowest BCUT2D eigenvalue weighted by atomic mass is 9.98. The Morgan fingerprint density at radius 1 is 1.47 bits per heavy atom. The van der Waals surface area contributed by atoms with E-state index < -0.39 is 11.9 Å².